The molecule has 4 atom stereocenters. The largest absolute Gasteiger partial charge is 0.360 e. The van der Waals surface area contributed by atoms with Gasteiger partial charge in [0.05, 0.1) is 30.7 Å². The fraction of sp³-hybridized carbons (Fsp3) is 0.455. The molecule has 1 spiro atoms. The van der Waals surface area contributed by atoms with Crippen molar-refractivity contribution >= 4 is 11.8 Å². The Labute approximate surface area is 175 Å². The number of hydrogen-bond donors (Lipinski definition) is 0. The number of carbonyl (C=O) groups excluding carboxylic acids is 2. The predicted molar refractivity (Wildman–Crippen MR) is 108 cm³/mol. The molecule has 5 heterocycles. The Balaban J connectivity index is 1.36. The summed E-state index contributed by atoms with van der Waals surface area (Å²) in [6, 6.07) is 3.81. The average molecular weight is 407 g/mol. The molecule has 2 aromatic heterocycles. The van der Waals surface area contributed by atoms with Crippen LogP contribution in [-0.4, -0.2) is 61.7 Å². The van der Waals surface area contributed by atoms with Gasteiger partial charge in [-0.3, -0.25) is 19.3 Å². The van der Waals surface area contributed by atoms with Crippen LogP contribution >= 0.6 is 0 Å². The van der Waals surface area contributed by atoms with E-state index in [9.17, 15) is 9.59 Å². The van der Waals surface area contributed by atoms with Gasteiger partial charge in [-0.1, -0.05) is 18.2 Å². The molecule has 2 bridgehead atoms. The van der Waals surface area contributed by atoms with Gasteiger partial charge in [-0.05, 0) is 18.6 Å². The summed E-state index contributed by atoms with van der Waals surface area (Å²) < 4.78 is 8.03. The lowest BCUT2D eigenvalue weighted by molar-refractivity contribution is -0.142. The molecule has 5 rings (SSSR count). The first-order valence-electron chi connectivity index (χ1n) is 10.2. The summed E-state index contributed by atoms with van der Waals surface area (Å²) in [6.07, 6.45) is 8.85. The van der Waals surface area contributed by atoms with Crippen molar-refractivity contribution in [1.29, 1.82) is 0 Å². The molecule has 3 aliphatic rings. The zero-order chi connectivity index (χ0) is 21.0. The summed E-state index contributed by atoms with van der Waals surface area (Å²) >= 11 is 0. The quantitative estimate of drug-likeness (QED) is 0.693. The maximum atomic E-state index is 13.4. The number of rotatable bonds is 5. The van der Waals surface area contributed by atoms with E-state index in [0.29, 0.717) is 19.6 Å². The molecular weight excluding hydrogens is 382 g/mol. The topological polar surface area (TPSA) is 80.6 Å². The van der Waals surface area contributed by atoms with E-state index in [-0.39, 0.29) is 17.9 Å². The number of carbonyl (C=O) groups is 2. The average Bonchev–Trinajstić information content (AvgIpc) is 3.45. The Hall–Kier alpha value is -3.00. The molecular formula is C22H25N5O3. The molecule has 0 unspecified atom stereocenters. The Bertz CT molecular complexity index is 1030. The minimum Gasteiger partial charge on any atom is -0.360 e. The van der Waals surface area contributed by atoms with Crippen LogP contribution in [0.15, 0.2) is 42.9 Å². The highest BCUT2D eigenvalue weighted by Gasteiger charge is 2.67. The number of aromatic nitrogens is 3. The highest BCUT2D eigenvalue weighted by Crippen LogP contribution is 2.52. The molecule has 3 aliphatic heterocycles. The maximum absolute atomic E-state index is 13.4. The van der Waals surface area contributed by atoms with Crippen LogP contribution in [-0.2, 0) is 34.5 Å². The minimum absolute atomic E-state index is 0.0185. The maximum Gasteiger partial charge on any atom is 0.230 e. The third-order valence-corrected chi connectivity index (χ3v) is 6.68. The van der Waals surface area contributed by atoms with E-state index in [1.54, 1.807) is 40.1 Å². The summed E-state index contributed by atoms with van der Waals surface area (Å²) in [5.41, 5.74) is 2.29. The number of ether oxygens (including phenoxy) is 1. The zero-order valence-corrected chi connectivity index (χ0v) is 17.4. The standard InChI is InChI=1S/C22H25N5O3/c1-14-16(10-24-26(14)3)12-25(2)20(28)18-17-6-7-22(30-17)13-27(21(29)19(18)22)11-15-5-4-8-23-9-15/h4-10,17-19H,11-13H2,1-3H3/t17-,18-,19-,22-/m0/s1. The Morgan fingerprint density at radius 1 is 1.40 bits per heavy atom. The van der Waals surface area contributed by atoms with Crippen LogP contribution in [0.25, 0.3) is 0 Å². The van der Waals surface area contributed by atoms with Gasteiger partial charge in [-0.15, -0.1) is 0 Å². The lowest BCUT2D eigenvalue weighted by Crippen LogP contribution is -2.44. The van der Waals surface area contributed by atoms with E-state index in [4.69, 9.17) is 4.74 Å². The predicted octanol–water partition coefficient (Wildman–Crippen LogP) is 1.06. The Morgan fingerprint density at radius 3 is 2.93 bits per heavy atom. The van der Waals surface area contributed by atoms with E-state index in [2.05, 4.69) is 10.1 Å². The fourth-order valence-corrected chi connectivity index (χ4v) is 4.99. The van der Waals surface area contributed by atoms with Crippen LogP contribution in [0.4, 0.5) is 0 Å². The van der Waals surface area contributed by atoms with Gasteiger partial charge in [0.2, 0.25) is 11.8 Å². The number of fused-ring (bicyclic) bond motifs is 1. The van der Waals surface area contributed by atoms with E-state index in [1.807, 2.05) is 38.3 Å². The molecule has 30 heavy (non-hydrogen) atoms. The van der Waals surface area contributed by atoms with Crippen molar-refractivity contribution in [3.8, 4) is 0 Å². The third-order valence-electron chi connectivity index (χ3n) is 6.68. The Morgan fingerprint density at radius 2 is 2.23 bits per heavy atom. The molecule has 0 saturated carbocycles. The van der Waals surface area contributed by atoms with Crippen molar-refractivity contribution in [2.24, 2.45) is 18.9 Å². The number of pyridine rings is 1. The summed E-state index contributed by atoms with van der Waals surface area (Å²) in [7, 11) is 3.66. The summed E-state index contributed by atoms with van der Waals surface area (Å²) in [6.45, 7) is 3.38. The smallest absolute Gasteiger partial charge is 0.230 e. The van der Waals surface area contributed by atoms with E-state index in [1.165, 1.54) is 0 Å². The first kappa shape index (κ1) is 19.0. The molecule has 0 aliphatic carbocycles. The van der Waals surface area contributed by atoms with Gasteiger partial charge in [0, 0.05) is 50.8 Å². The molecule has 2 amide bonds. The summed E-state index contributed by atoms with van der Waals surface area (Å²) in [4.78, 5) is 34.4. The molecule has 2 fully saturated rings. The van der Waals surface area contributed by atoms with Crippen molar-refractivity contribution in [2.45, 2.75) is 31.7 Å². The minimum atomic E-state index is -0.699. The van der Waals surface area contributed by atoms with Crippen LogP contribution < -0.4 is 0 Å². The van der Waals surface area contributed by atoms with Crippen LogP contribution in [0.2, 0.25) is 0 Å². The van der Waals surface area contributed by atoms with E-state index in [0.717, 1.165) is 16.8 Å². The lowest BCUT2D eigenvalue weighted by atomic mass is 9.76. The van der Waals surface area contributed by atoms with Gasteiger partial charge >= 0.3 is 0 Å². The third kappa shape index (κ3) is 2.78. The van der Waals surface area contributed by atoms with E-state index < -0.39 is 17.4 Å². The van der Waals surface area contributed by atoms with Crippen LogP contribution in [0.5, 0.6) is 0 Å². The number of amides is 2. The van der Waals surface area contributed by atoms with Gasteiger partial charge in [-0.2, -0.15) is 5.10 Å². The molecule has 0 N–H and O–H groups in total. The normalized spacial score (nSPS) is 29.0. The fourth-order valence-electron chi connectivity index (χ4n) is 4.99. The second-order valence-corrected chi connectivity index (χ2v) is 8.53. The zero-order valence-electron chi connectivity index (χ0n) is 17.4. The van der Waals surface area contributed by atoms with Crippen molar-refractivity contribution in [1.82, 2.24) is 24.6 Å². The summed E-state index contributed by atoms with van der Waals surface area (Å²) in [5, 5.41) is 4.26. The Kier molecular flexibility index (Phi) is 4.28. The lowest BCUT2D eigenvalue weighted by Gasteiger charge is -2.27. The van der Waals surface area contributed by atoms with Gasteiger partial charge in [-0.25, -0.2) is 0 Å². The van der Waals surface area contributed by atoms with E-state index >= 15 is 0 Å². The van der Waals surface area contributed by atoms with Crippen LogP contribution in [0.1, 0.15) is 16.8 Å². The van der Waals surface area contributed by atoms with Gasteiger partial charge in [0.15, 0.2) is 0 Å². The molecule has 2 saturated heterocycles. The molecule has 8 nitrogen and oxygen atoms in total. The molecule has 0 aromatic carbocycles. The number of aryl methyl sites for hydroxylation is 1. The van der Waals surface area contributed by atoms with Crippen molar-refractivity contribution in [2.75, 3.05) is 13.6 Å². The van der Waals surface area contributed by atoms with Crippen LogP contribution in [0.3, 0.4) is 0 Å². The highest BCUT2D eigenvalue weighted by atomic mass is 16.5. The van der Waals surface area contributed by atoms with Gasteiger partial charge in [0.25, 0.3) is 0 Å². The molecule has 2 aromatic rings. The molecule has 0 radical (unpaired) electrons. The monoisotopic (exact) mass is 407 g/mol. The SMILES string of the molecule is Cc1c(CN(C)C(=O)[C@H]2[C@@H]3C=C[C@@]4(CN(Cc5cccnc5)C(=O)[C@H]24)O3)cnn1C. The second kappa shape index (κ2) is 6.77. The number of likely N-dealkylation sites (tertiary alicyclic amines) is 1. The van der Waals surface area contributed by atoms with Crippen molar-refractivity contribution < 1.29 is 14.3 Å². The van der Waals surface area contributed by atoms with Gasteiger partial charge in [0.1, 0.15) is 5.60 Å². The number of nitrogens with zero attached hydrogens (tertiary/aromatic N) is 5. The highest BCUT2D eigenvalue weighted by molar-refractivity contribution is 5.93. The first-order chi connectivity index (χ1) is 14.4. The van der Waals surface area contributed by atoms with Crippen molar-refractivity contribution in [3.63, 3.8) is 0 Å². The second-order valence-electron chi connectivity index (χ2n) is 8.53. The summed E-state index contributed by atoms with van der Waals surface area (Å²) in [5.74, 6) is -1.05. The first-order valence-corrected chi connectivity index (χ1v) is 10.2. The number of hydrogen-bond acceptors (Lipinski definition) is 5. The molecule has 8 heteroatoms. The molecule has 156 valence electrons. The van der Waals surface area contributed by atoms with Gasteiger partial charge < -0.3 is 14.5 Å². The van der Waals surface area contributed by atoms with Crippen LogP contribution in [0, 0.1) is 18.8 Å². The van der Waals surface area contributed by atoms with Crippen molar-refractivity contribution in [3.05, 3.63) is 59.7 Å².